The third-order valence-electron chi connectivity index (χ3n) is 5.94. The second-order valence-corrected chi connectivity index (χ2v) is 7.26. The Morgan fingerprint density at radius 1 is 1.08 bits per heavy atom. The number of amides is 1. The summed E-state index contributed by atoms with van der Waals surface area (Å²) in [4.78, 5) is 17.0. The summed E-state index contributed by atoms with van der Waals surface area (Å²) < 4.78 is 5.35. The molecule has 3 aliphatic heterocycles. The minimum Gasteiger partial charge on any atom is -0.497 e. The number of carbonyl (C=O) groups excluding carboxylic acids is 1. The zero-order valence-electron chi connectivity index (χ0n) is 14.4. The van der Waals surface area contributed by atoms with Gasteiger partial charge in [-0.1, -0.05) is 6.07 Å². The van der Waals surface area contributed by atoms with Crippen molar-refractivity contribution in [1.29, 1.82) is 0 Å². The molecule has 3 aliphatic rings. The van der Waals surface area contributed by atoms with E-state index in [1.807, 2.05) is 6.07 Å². The zero-order chi connectivity index (χ0) is 16.5. The highest BCUT2D eigenvalue weighted by Crippen LogP contribution is 2.34. The first-order valence-electron chi connectivity index (χ1n) is 9.18. The van der Waals surface area contributed by atoms with E-state index in [4.69, 9.17) is 4.74 Å². The van der Waals surface area contributed by atoms with Crippen LogP contribution in [0.1, 0.15) is 32.1 Å². The number of hydrogen-bond donors (Lipinski definition) is 1. The molecular formula is C19H27N3O2. The van der Waals surface area contributed by atoms with E-state index in [0.717, 1.165) is 25.4 Å². The SMILES string of the molecule is COc1cccc(N2CCC(N3[C@@H]4CC[C@H]3CC(=O)NC4)CC2)c1. The lowest BCUT2D eigenvalue weighted by atomic mass is 10.00. The van der Waals surface area contributed by atoms with Crippen LogP contribution in [0.5, 0.6) is 5.75 Å². The van der Waals surface area contributed by atoms with Gasteiger partial charge in [-0.25, -0.2) is 0 Å². The third-order valence-corrected chi connectivity index (χ3v) is 5.94. The van der Waals surface area contributed by atoms with Crippen LogP contribution in [0.4, 0.5) is 5.69 Å². The first-order valence-corrected chi connectivity index (χ1v) is 9.18. The van der Waals surface area contributed by atoms with E-state index >= 15 is 0 Å². The average molecular weight is 329 g/mol. The molecule has 5 nitrogen and oxygen atoms in total. The third kappa shape index (κ3) is 2.97. The summed E-state index contributed by atoms with van der Waals surface area (Å²) in [6.07, 6.45) is 5.47. The number of rotatable bonds is 3. The maximum atomic E-state index is 11.8. The van der Waals surface area contributed by atoms with Crippen molar-refractivity contribution in [2.24, 2.45) is 0 Å². The predicted octanol–water partition coefficient (Wildman–Crippen LogP) is 2.02. The molecule has 0 aromatic heterocycles. The molecule has 2 bridgehead atoms. The molecular weight excluding hydrogens is 302 g/mol. The molecule has 5 heteroatoms. The first kappa shape index (κ1) is 15.8. The highest BCUT2D eigenvalue weighted by molar-refractivity contribution is 5.77. The minimum absolute atomic E-state index is 0.237. The van der Waals surface area contributed by atoms with Crippen LogP contribution in [-0.4, -0.2) is 55.7 Å². The van der Waals surface area contributed by atoms with E-state index in [-0.39, 0.29) is 5.91 Å². The molecule has 0 spiro atoms. The van der Waals surface area contributed by atoms with Gasteiger partial charge in [-0.3, -0.25) is 9.69 Å². The summed E-state index contributed by atoms with van der Waals surface area (Å²) >= 11 is 0. The van der Waals surface area contributed by atoms with Crippen molar-refractivity contribution >= 4 is 11.6 Å². The quantitative estimate of drug-likeness (QED) is 0.921. The molecule has 1 aromatic carbocycles. The fourth-order valence-corrected chi connectivity index (χ4v) is 4.74. The van der Waals surface area contributed by atoms with Crippen LogP contribution in [0, 0.1) is 0 Å². The highest BCUT2D eigenvalue weighted by atomic mass is 16.5. The van der Waals surface area contributed by atoms with Crippen molar-refractivity contribution in [3.63, 3.8) is 0 Å². The fourth-order valence-electron chi connectivity index (χ4n) is 4.74. The summed E-state index contributed by atoms with van der Waals surface area (Å²) in [5.41, 5.74) is 1.25. The number of methoxy groups -OCH3 is 1. The summed E-state index contributed by atoms with van der Waals surface area (Å²) in [5, 5.41) is 3.09. The Kier molecular flexibility index (Phi) is 4.35. The van der Waals surface area contributed by atoms with Gasteiger partial charge in [0.15, 0.2) is 0 Å². The van der Waals surface area contributed by atoms with E-state index in [2.05, 4.69) is 33.3 Å². The van der Waals surface area contributed by atoms with Crippen LogP contribution in [0.15, 0.2) is 24.3 Å². The van der Waals surface area contributed by atoms with E-state index in [0.29, 0.717) is 24.5 Å². The smallest absolute Gasteiger partial charge is 0.221 e. The molecule has 1 amide bonds. The van der Waals surface area contributed by atoms with Gasteiger partial charge >= 0.3 is 0 Å². The van der Waals surface area contributed by atoms with Gasteiger partial charge in [0.25, 0.3) is 0 Å². The number of nitrogens with zero attached hydrogens (tertiary/aromatic N) is 2. The van der Waals surface area contributed by atoms with Crippen molar-refractivity contribution < 1.29 is 9.53 Å². The molecule has 1 aromatic rings. The lowest BCUT2D eigenvalue weighted by Crippen LogP contribution is -2.50. The van der Waals surface area contributed by atoms with Gasteiger partial charge in [0.2, 0.25) is 5.91 Å². The van der Waals surface area contributed by atoms with Crippen molar-refractivity contribution in [3.8, 4) is 5.75 Å². The topological polar surface area (TPSA) is 44.8 Å². The summed E-state index contributed by atoms with van der Waals surface area (Å²) in [6.45, 7) is 3.00. The van der Waals surface area contributed by atoms with Crippen molar-refractivity contribution in [1.82, 2.24) is 10.2 Å². The Morgan fingerprint density at radius 2 is 1.88 bits per heavy atom. The Morgan fingerprint density at radius 3 is 2.67 bits per heavy atom. The van der Waals surface area contributed by atoms with Gasteiger partial charge in [0.1, 0.15) is 5.75 Å². The van der Waals surface area contributed by atoms with E-state index < -0.39 is 0 Å². The molecule has 0 aliphatic carbocycles. The molecule has 1 N–H and O–H groups in total. The lowest BCUT2D eigenvalue weighted by molar-refractivity contribution is -0.121. The number of benzene rings is 1. The number of ether oxygens (including phenoxy) is 1. The molecule has 3 heterocycles. The Hall–Kier alpha value is -1.75. The molecule has 0 saturated carbocycles. The fraction of sp³-hybridized carbons (Fsp3) is 0.632. The first-order chi connectivity index (χ1) is 11.7. The molecule has 0 unspecified atom stereocenters. The molecule has 3 saturated heterocycles. The second kappa shape index (κ2) is 6.63. The van der Waals surface area contributed by atoms with Gasteiger partial charge in [0.05, 0.1) is 7.11 Å². The maximum absolute atomic E-state index is 11.8. The molecule has 0 radical (unpaired) electrons. The minimum atomic E-state index is 0.237. The number of piperidine rings is 1. The molecule has 2 atom stereocenters. The standard InChI is InChI=1S/C19H27N3O2/c1-24-18-4-2-3-15(11-18)21-9-7-14(8-10-21)22-16-5-6-17(22)13-20-19(23)12-16/h2-4,11,14,16-17H,5-10,12-13H2,1H3,(H,20,23)/t16-,17+/m0/s1. The number of nitrogens with one attached hydrogen (secondary N) is 1. The molecule has 130 valence electrons. The van der Waals surface area contributed by atoms with Gasteiger partial charge in [-0.15, -0.1) is 0 Å². The predicted molar refractivity (Wildman–Crippen MR) is 94.5 cm³/mol. The number of fused-ring (bicyclic) bond motifs is 2. The largest absolute Gasteiger partial charge is 0.497 e. The van der Waals surface area contributed by atoms with Gasteiger partial charge < -0.3 is 15.0 Å². The van der Waals surface area contributed by atoms with Gasteiger partial charge in [-0.05, 0) is 37.8 Å². The van der Waals surface area contributed by atoms with Crippen molar-refractivity contribution in [3.05, 3.63) is 24.3 Å². The van der Waals surface area contributed by atoms with Crippen molar-refractivity contribution in [2.75, 3.05) is 31.6 Å². The maximum Gasteiger partial charge on any atom is 0.221 e. The normalized spacial score (nSPS) is 28.5. The Balaban J connectivity index is 1.41. The molecule has 24 heavy (non-hydrogen) atoms. The summed E-state index contributed by atoms with van der Waals surface area (Å²) in [7, 11) is 1.72. The van der Waals surface area contributed by atoms with Crippen LogP contribution < -0.4 is 15.0 Å². The average Bonchev–Trinajstić information content (AvgIpc) is 2.93. The Labute approximate surface area is 144 Å². The van der Waals surface area contributed by atoms with E-state index in [9.17, 15) is 4.79 Å². The molecule has 4 rings (SSSR count). The van der Waals surface area contributed by atoms with Gasteiger partial charge in [-0.2, -0.15) is 0 Å². The second-order valence-electron chi connectivity index (χ2n) is 7.26. The van der Waals surface area contributed by atoms with Crippen LogP contribution >= 0.6 is 0 Å². The summed E-state index contributed by atoms with van der Waals surface area (Å²) in [6, 6.07) is 9.99. The van der Waals surface area contributed by atoms with Crippen LogP contribution in [0.2, 0.25) is 0 Å². The van der Waals surface area contributed by atoms with E-state index in [1.54, 1.807) is 7.11 Å². The van der Waals surface area contributed by atoms with Gasteiger partial charge in [0, 0.05) is 55.9 Å². The Bertz CT molecular complexity index is 598. The summed E-state index contributed by atoms with van der Waals surface area (Å²) in [5.74, 6) is 1.16. The van der Waals surface area contributed by atoms with Crippen molar-refractivity contribution in [2.45, 2.75) is 50.2 Å². The van der Waals surface area contributed by atoms with Crippen LogP contribution in [0.3, 0.4) is 0 Å². The number of hydrogen-bond acceptors (Lipinski definition) is 4. The van der Waals surface area contributed by atoms with Crippen LogP contribution in [0.25, 0.3) is 0 Å². The van der Waals surface area contributed by atoms with E-state index in [1.165, 1.54) is 31.4 Å². The van der Waals surface area contributed by atoms with Crippen LogP contribution in [-0.2, 0) is 4.79 Å². The highest BCUT2D eigenvalue weighted by Gasteiger charge is 2.41. The lowest BCUT2D eigenvalue weighted by Gasteiger charge is -2.41. The number of carbonyl (C=O) groups is 1. The monoisotopic (exact) mass is 329 g/mol. The molecule has 3 fully saturated rings. The zero-order valence-corrected chi connectivity index (χ0v) is 14.4. The number of anilines is 1.